The number of aliphatic imine (C=N–C) groups is 1. The number of nitrogens with one attached hydrogen (secondary N) is 1. The Morgan fingerprint density at radius 2 is 1.80 bits per heavy atom. The van der Waals surface area contributed by atoms with E-state index in [9.17, 15) is 9.59 Å². The predicted octanol–water partition coefficient (Wildman–Crippen LogP) is 4.73. The number of amides is 2. The maximum absolute atomic E-state index is 13.2. The van der Waals surface area contributed by atoms with Gasteiger partial charge in [0, 0.05) is 6.54 Å². The van der Waals surface area contributed by atoms with Gasteiger partial charge >= 0.3 is 0 Å². The molecule has 6 heteroatoms. The number of carbonyl (C=O) groups excluding carboxylic acids is 2. The van der Waals surface area contributed by atoms with Crippen LogP contribution in [-0.4, -0.2) is 29.3 Å². The lowest BCUT2D eigenvalue weighted by Crippen LogP contribution is -2.32. The molecule has 0 atom stereocenters. The molecular weight excluding hydrogens is 394 g/mol. The maximum atomic E-state index is 13.2. The molecule has 2 amide bonds. The van der Waals surface area contributed by atoms with Gasteiger partial charge in [-0.05, 0) is 49.1 Å². The lowest BCUT2D eigenvalue weighted by atomic mass is 10.0. The number of thioether (sulfide) groups is 1. The number of anilines is 1. The Morgan fingerprint density at radius 3 is 2.40 bits per heavy atom. The molecule has 3 rings (SSSR count). The summed E-state index contributed by atoms with van der Waals surface area (Å²) >= 11 is 1.27. The normalized spacial score (nSPS) is 15.1. The summed E-state index contributed by atoms with van der Waals surface area (Å²) in [6.45, 7) is 8.75. The minimum absolute atomic E-state index is 0.0804. The second-order valence-electron chi connectivity index (χ2n) is 7.46. The zero-order valence-corrected chi connectivity index (χ0v) is 18.6. The standard InChI is InChI=1S/C24H27N3O2S/c1-5-25-22(28)15-30-24-26-21(14-18-8-10-19(11-9-18)16(2)3)23(29)27(24)20-12-6-17(4)7-13-20/h6-14,16H,5,15H2,1-4H3,(H,25,28)/b21-14-. The molecule has 0 bridgehead atoms. The van der Waals surface area contributed by atoms with Crippen LogP contribution in [0, 0.1) is 6.92 Å². The van der Waals surface area contributed by atoms with Gasteiger partial charge in [-0.15, -0.1) is 0 Å². The van der Waals surface area contributed by atoms with Crippen LogP contribution in [0.3, 0.4) is 0 Å². The molecule has 0 aromatic heterocycles. The first-order chi connectivity index (χ1) is 14.4. The fourth-order valence-electron chi connectivity index (χ4n) is 3.03. The SMILES string of the molecule is CCNC(=O)CSC1=N/C(=C\c2ccc(C(C)C)cc2)C(=O)N1c1ccc(C)cc1. The summed E-state index contributed by atoms with van der Waals surface area (Å²) in [5, 5.41) is 3.29. The molecular formula is C24H27N3O2S. The van der Waals surface area contributed by atoms with Crippen molar-refractivity contribution in [2.24, 2.45) is 4.99 Å². The lowest BCUT2D eigenvalue weighted by molar-refractivity contribution is -0.118. The third-order valence-electron chi connectivity index (χ3n) is 4.73. The van der Waals surface area contributed by atoms with E-state index in [1.165, 1.54) is 17.3 Å². The van der Waals surface area contributed by atoms with Gasteiger partial charge in [-0.3, -0.25) is 14.5 Å². The van der Waals surface area contributed by atoms with Crippen LogP contribution in [0.4, 0.5) is 5.69 Å². The van der Waals surface area contributed by atoms with E-state index in [0.717, 1.165) is 16.8 Å². The number of hydrogen-bond donors (Lipinski definition) is 1. The zero-order valence-electron chi connectivity index (χ0n) is 17.8. The zero-order chi connectivity index (χ0) is 21.7. The van der Waals surface area contributed by atoms with E-state index in [2.05, 4.69) is 36.3 Å². The van der Waals surface area contributed by atoms with Crippen molar-refractivity contribution in [1.29, 1.82) is 0 Å². The molecule has 30 heavy (non-hydrogen) atoms. The molecule has 0 fully saturated rings. The van der Waals surface area contributed by atoms with Gasteiger partial charge in [0.05, 0.1) is 11.4 Å². The van der Waals surface area contributed by atoms with Crippen molar-refractivity contribution in [3.05, 3.63) is 70.9 Å². The van der Waals surface area contributed by atoms with Gasteiger partial charge in [-0.1, -0.05) is 67.6 Å². The van der Waals surface area contributed by atoms with E-state index in [4.69, 9.17) is 0 Å². The summed E-state index contributed by atoms with van der Waals surface area (Å²) < 4.78 is 0. The van der Waals surface area contributed by atoms with Gasteiger partial charge in [-0.25, -0.2) is 4.99 Å². The predicted molar refractivity (Wildman–Crippen MR) is 126 cm³/mol. The Balaban J connectivity index is 1.90. The van der Waals surface area contributed by atoms with Crippen LogP contribution in [0.25, 0.3) is 6.08 Å². The highest BCUT2D eigenvalue weighted by atomic mass is 32.2. The van der Waals surface area contributed by atoms with Crippen molar-refractivity contribution >= 4 is 40.5 Å². The number of benzene rings is 2. The molecule has 2 aromatic carbocycles. The van der Waals surface area contributed by atoms with E-state index in [1.807, 2.05) is 50.2 Å². The minimum Gasteiger partial charge on any atom is -0.356 e. The molecule has 5 nitrogen and oxygen atoms in total. The topological polar surface area (TPSA) is 61.8 Å². The molecule has 0 radical (unpaired) electrons. The van der Waals surface area contributed by atoms with Crippen molar-refractivity contribution < 1.29 is 9.59 Å². The van der Waals surface area contributed by atoms with Crippen LogP contribution in [0.5, 0.6) is 0 Å². The fourth-order valence-corrected chi connectivity index (χ4v) is 3.87. The van der Waals surface area contributed by atoms with E-state index in [-0.39, 0.29) is 17.6 Å². The molecule has 0 saturated carbocycles. The molecule has 0 spiro atoms. The van der Waals surface area contributed by atoms with Crippen molar-refractivity contribution in [3.63, 3.8) is 0 Å². The van der Waals surface area contributed by atoms with Gasteiger partial charge in [0.1, 0.15) is 5.70 Å². The summed E-state index contributed by atoms with van der Waals surface area (Å²) in [5.74, 6) is 0.388. The molecule has 156 valence electrons. The largest absolute Gasteiger partial charge is 0.356 e. The van der Waals surface area contributed by atoms with Gasteiger partial charge < -0.3 is 5.32 Å². The van der Waals surface area contributed by atoms with Gasteiger partial charge in [-0.2, -0.15) is 0 Å². The first-order valence-corrected chi connectivity index (χ1v) is 11.1. The molecule has 0 saturated heterocycles. The summed E-state index contributed by atoms with van der Waals surface area (Å²) in [6.07, 6.45) is 1.80. The van der Waals surface area contributed by atoms with Crippen LogP contribution in [0.15, 0.2) is 59.2 Å². The summed E-state index contributed by atoms with van der Waals surface area (Å²) in [4.78, 5) is 31.3. The number of amidine groups is 1. The average Bonchev–Trinajstić information content (AvgIpc) is 3.03. The second-order valence-corrected chi connectivity index (χ2v) is 8.41. The van der Waals surface area contributed by atoms with Gasteiger partial charge in [0.2, 0.25) is 5.91 Å². The van der Waals surface area contributed by atoms with Crippen LogP contribution in [0.2, 0.25) is 0 Å². The molecule has 2 aromatic rings. The smallest absolute Gasteiger partial charge is 0.283 e. The third kappa shape index (κ3) is 5.19. The van der Waals surface area contributed by atoms with Crippen molar-refractivity contribution in [2.75, 3.05) is 17.2 Å². The van der Waals surface area contributed by atoms with Gasteiger partial charge in [0.25, 0.3) is 5.91 Å². The first-order valence-electron chi connectivity index (χ1n) is 10.1. The van der Waals surface area contributed by atoms with Crippen LogP contribution in [0.1, 0.15) is 43.4 Å². The van der Waals surface area contributed by atoms with E-state index in [0.29, 0.717) is 23.3 Å². The number of carbonyl (C=O) groups is 2. The molecule has 0 aliphatic carbocycles. The van der Waals surface area contributed by atoms with E-state index in [1.54, 1.807) is 11.0 Å². The quantitative estimate of drug-likeness (QED) is 0.686. The van der Waals surface area contributed by atoms with Gasteiger partial charge in [0.15, 0.2) is 5.17 Å². The maximum Gasteiger partial charge on any atom is 0.283 e. The summed E-state index contributed by atoms with van der Waals surface area (Å²) in [7, 11) is 0. The van der Waals surface area contributed by atoms with E-state index < -0.39 is 0 Å². The summed E-state index contributed by atoms with van der Waals surface area (Å²) in [6, 6.07) is 15.9. The Bertz CT molecular complexity index is 977. The van der Waals surface area contributed by atoms with Crippen molar-refractivity contribution in [1.82, 2.24) is 5.32 Å². The third-order valence-corrected chi connectivity index (χ3v) is 5.67. The highest BCUT2D eigenvalue weighted by Gasteiger charge is 2.32. The molecule has 1 aliphatic rings. The fraction of sp³-hybridized carbons (Fsp3) is 0.292. The highest BCUT2D eigenvalue weighted by Crippen LogP contribution is 2.29. The van der Waals surface area contributed by atoms with E-state index >= 15 is 0 Å². The Kier molecular flexibility index (Phi) is 7.11. The van der Waals surface area contributed by atoms with Crippen LogP contribution in [-0.2, 0) is 9.59 Å². The monoisotopic (exact) mass is 421 g/mol. The Labute approximate surface area is 182 Å². The first kappa shape index (κ1) is 21.8. The van der Waals surface area contributed by atoms with Crippen molar-refractivity contribution in [3.8, 4) is 0 Å². The van der Waals surface area contributed by atoms with Crippen molar-refractivity contribution in [2.45, 2.75) is 33.6 Å². The van der Waals surface area contributed by atoms with Crippen LogP contribution < -0.4 is 10.2 Å². The second kappa shape index (κ2) is 9.76. The average molecular weight is 422 g/mol. The Morgan fingerprint density at radius 1 is 1.13 bits per heavy atom. The minimum atomic E-state index is -0.190. The number of rotatable bonds is 6. The summed E-state index contributed by atoms with van der Waals surface area (Å²) in [5.41, 5.74) is 4.39. The number of nitrogens with zero attached hydrogens (tertiary/aromatic N) is 2. The highest BCUT2D eigenvalue weighted by molar-refractivity contribution is 8.14. The molecule has 1 N–H and O–H groups in total. The molecule has 1 heterocycles. The number of aryl methyl sites for hydroxylation is 1. The Hall–Kier alpha value is -2.86. The molecule has 1 aliphatic heterocycles. The van der Waals surface area contributed by atoms with Crippen LogP contribution >= 0.6 is 11.8 Å². The lowest BCUT2D eigenvalue weighted by Gasteiger charge is -2.17. The molecule has 0 unspecified atom stereocenters. The number of hydrogen-bond acceptors (Lipinski definition) is 4.